The zero-order valence-electron chi connectivity index (χ0n) is 37.9. The van der Waals surface area contributed by atoms with Crippen molar-refractivity contribution in [3.8, 4) is 0 Å². The first kappa shape index (κ1) is 58.0. The van der Waals surface area contributed by atoms with Gasteiger partial charge in [0.1, 0.15) is 43.2 Å². The average Bonchev–Trinajstić information content (AvgIpc) is 4.01. The van der Waals surface area contributed by atoms with E-state index in [9.17, 15) is 53.8 Å². The second-order valence-corrected chi connectivity index (χ2v) is 19.1. The van der Waals surface area contributed by atoms with E-state index in [4.69, 9.17) is 23.3 Å². The van der Waals surface area contributed by atoms with Crippen LogP contribution in [-0.2, 0) is 46.5 Å². The zero-order valence-corrected chi connectivity index (χ0v) is 39.7. The van der Waals surface area contributed by atoms with Gasteiger partial charge in [-0.25, -0.2) is 9.13 Å². The van der Waals surface area contributed by atoms with Crippen molar-refractivity contribution in [2.45, 2.75) is 210 Å². The molecule has 2 aliphatic rings. The second-order valence-electron chi connectivity index (χ2n) is 16.5. The molecular weight excluding hydrogens is 874 g/mol. The molecule has 2 fully saturated rings. The molecule has 370 valence electrons. The Hall–Kier alpha value is -2.08. The summed E-state index contributed by atoms with van der Waals surface area (Å²) in [4.78, 5) is 54.3. The highest BCUT2D eigenvalue weighted by atomic mass is 31.2. The van der Waals surface area contributed by atoms with E-state index in [1.165, 1.54) is 19.3 Å². The maximum Gasteiger partial charge on any atom is 0.472 e. The minimum atomic E-state index is -5.37. The molecular formula is C45H78O17P2. The first-order valence-electron chi connectivity index (χ1n) is 23.3. The standard InChI is InChI=1S/C45H78O17P2/c1-3-5-7-9-11-12-13-14-15-16-17-18-19-23-27-31-38(46)57-33-35(34-58-64(55,56)62-45-42(50)40(48)41(49)44(43(45)51)61-63(52,53)54)59-39(47)32-28-24-20-22-26-30-37-36(60-37)29-25-21-10-8-6-4-2/h5,7,11-12,14-15,21,25,35-37,40-45,48-51H,3-4,6,8-10,13,16-20,22-24,26-34H2,1-2H3,(H,55,56)(H2,52,53,54)/b7-5-,12-11-,15-14-,25-21-/t35-,36?,37?,40?,41?,42?,43?,44-,45+/m1/s1. The minimum absolute atomic E-state index is 0.0154. The Morgan fingerprint density at radius 1 is 0.594 bits per heavy atom. The van der Waals surface area contributed by atoms with Crippen LogP contribution in [0.3, 0.4) is 0 Å². The summed E-state index contributed by atoms with van der Waals surface area (Å²) in [6, 6.07) is 0. The van der Waals surface area contributed by atoms with Crippen LogP contribution >= 0.6 is 15.6 Å². The minimum Gasteiger partial charge on any atom is -0.462 e. The number of phosphoric ester groups is 2. The van der Waals surface area contributed by atoms with Gasteiger partial charge in [0.2, 0.25) is 0 Å². The van der Waals surface area contributed by atoms with Crippen molar-refractivity contribution in [3.05, 3.63) is 48.6 Å². The number of hydrogen-bond donors (Lipinski definition) is 7. The number of carbonyl (C=O) groups is 2. The molecule has 0 aromatic carbocycles. The van der Waals surface area contributed by atoms with Crippen LogP contribution < -0.4 is 0 Å². The van der Waals surface area contributed by atoms with Gasteiger partial charge in [0.05, 0.1) is 18.8 Å². The third-order valence-corrected chi connectivity index (χ3v) is 12.3. The fraction of sp³-hybridized carbons (Fsp3) is 0.778. The van der Waals surface area contributed by atoms with Gasteiger partial charge in [-0.3, -0.25) is 23.2 Å². The highest BCUT2D eigenvalue weighted by molar-refractivity contribution is 7.47. The third kappa shape index (κ3) is 26.9. The van der Waals surface area contributed by atoms with Crippen molar-refractivity contribution in [1.82, 2.24) is 0 Å². The van der Waals surface area contributed by atoms with E-state index < -0.39 is 83.5 Å². The van der Waals surface area contributed by atoms with Crippen molar-refractivity contribution in [1.29, 1.82) is 0 Å². The van der Waals surface area contributed by atoms with Crippen LogP contribution in [0.4, 0.5) is 0 Å². The molecule has 1 saturated heterocycles. The van der Waals surface area contributed by atoms with Crippen molar-refractivity contribution in [2.75, 3.05) is 13.2 Å². The van der Waals surface area contributed by atoms with Crippen molar-refractivity contribution >= 4 is 27.6 Å². The summed E-state index contributed by atoms with van der Waals surface area (Å²) in [6.45, 7) is 2.92. The van der Waals surface area contributed by atoms with Gasteiger partial charge in [-0.2, -0.15) is 0 Å². The molecule has 0 aromatic heterocycles. The molecule has 1 aliphatic heterocycles. The van der Waals surface area contributed by atoms with E-state index >= 15 is 0 Å². The van der Waals surface area contributed by atoms with Crippen LogP contribution in [-0.4, -0.2) is 115 Å². The molecule has 0 radical (unpaired) electrons. The first-order valence-corrected chi connectivity index (χ1v) is 26.3. The molecule has 7 unspecified atom stereocenters. The molecule has 64 heavy (non-hydrogen) atoms. The van der Waals surface area contributed by atoms with Gasteiger partial charge in [0, 0.05) is 12.8 Å². The van der Waals surface area contributed by atoms with Gasteiger partial charge in [-0.15, -0.1) is 0 Å². The topological polar surface area (TPSA) is 269 Å². The predicted molar refractivity (Wildman–Crippen MR) is 241 cm³/mol. The molecule has 17 nitrogen and oxygen atoms in total. The molecule has 0 aromatic rings. The SMILES string of the molecule is CC/C=C\C/C=C\C/C=C\CCCCCCCC(=O)OC[C@H](COP(=O)(O)O[C@H]1C(O)C(O)C(O)[C@@H](OP(=O)(O)O)C1O)OC(=O)CCCCCCCC1OC1C/C=C\CCCCC. The van der Waals surface area contributed by atoms with E-state index in [0.29, 0.717) is 25.0 Å². The predicted octanol–water partition coefficient (Wildman–Crippen LogP) is 7.49. The molecule has 10 atom stereocenters. The summed E-state index contributed by atoms with van der Waals surface area (Å²) in [5.41, 5.74) is 0. The van der Waals surface area contributed by atoms with Crippen LogP contribution in [0.5, 0.6) is 0 Å². The maximum atomic E-state index is 13.0. The van der Waals surface area contributed by atoms with Gasteiger partial charge >= 0.3 is 27.6 Å². The number of allylic oxidation sites excluding steroid dienone is 7. The van der Waals surface area contributed by atoms with Crippen molar-refractivity contribution < 1.29 is 81.6 Å². The highest BCUT2D eigenvalue weighted by Gasteiger charge is 2.54. The van der Waals surface area contributed by atoms with Gasteiger partial charge in [-0.1, -0.05) is 120 Å². The van der Waals surface area contributed by atoms with Crippen molar-refractivity contribution in [2.24, 2.45) is 0 Å². The number of carbonyl (C=O) groups excluding carboxylic acids is 2. The monoisotopic (exact) mass is 952 g/mol. The summed E-state index contributed by atoms with van der Waals surface area (Å²) in [5, 5.41) is 41.2. The lowest BCUT2D eigenvalue weighted by atomic mass is 9.85. The Bertz CT molecular complexity index is 1500. The molecule has 0 spiro atoms. The first-order chi connectivity index (χ1) is 30.6. The summed E-state index contributed by atoms with van der Waals surface area (Å²) in [5.74, 6) is -1.25. The fourth-order valence-corrected chi connectivity index (χ4v) is 8.64. The molecule has 0 amide bonds. The summed E-state index contributed by atoms with van der Waals surface area (Å²) in [6.07, 6.45) is 22.3. The molecule has 1 aliphatic carbocycles. The van der Waals surface area contributed by atoms with Gasteiger partial charge in [-0.05, 0) is 70.6 Å². The van der Waals surface area contributed by atoms with E-state index in [1.54, 1.807) is 0 Å². The fourth-order valence-electron chi connectivity index (χ4n) is 7.10. The van der Waals surface area contributed by atoms with Gasteiger partial charge in [0.25, 0.3) is 0 Å². The Labute approximate surface area is 380 Å². The normalized spacial score (nSPS) is 25.4. The van der Waals surface area contributed by atoms with E-state index in [1.807, 2.05) is 0 Å². The number of aliphatic hydroxyl groups excluding tert-OH is 4. The summed E-state index contributed by atoms with van der Waals surface area (Å²) in [7, 11) is -10.7. The van der Waals surface area contributed by atoms with E-state index in [2.05, 4.69) is 67.0 Å². The molecule has 2 rings (SSSR count). The number of rotatable bonds is 37. The number of epoxide rings is 1. The lowest BCUT2D eigenvalue weighted by Gasteiger charge is -2.43. The second kappa shape index (κ2) is 33.4. The lowest BCUT2D eigenvalue weighted by Crippen LogP contribution is -2.64. The van der Waals surface area contributed by atoms with Crippen molar-refractivity contribution in [3.63, 3.8) is 0 Å². The number of ether oxygens (including phenoxy) is 3. The largest absolute Gasteiger partial charge is 0.472 e. The number of hydrogen-bond acceptors (Lipinski definition) is 14. The van der Waals surface area contributed by atoms with Gasteiger partial charge < -0.3 is 49.3 Å². The Morgan fingerprint density at radius 3 is 1.78 bits per heavy atom. The smallest absolute Gasteiger partial charge is 0.462 e. The maximum absolute atomic E-state index is 13.0. The Balaban J connectivity index is 1.81. The lowest BCUT2D eigenvalue weighted by molar-refractivity contribution is -0.216. The number of unbranched alkanes of at least 4 members (excludes halogenated alkanes) is 12. The molecule has 19 heteroatoms. The number of esters is 2. The summed E-state index contributed by atoms with van der Waals surface area (Å²) < 4.78 is 55.1. The Kier molecular flexibility index (Phi) is 30.3. The van der Waals surface area contributed by atoms with Crippen LogP contribution in [0.15, 0.2) is 48.6 Å². The number of aliphatic hydroxyl groups is 4. The quantitative estimate of drug-likeness (QED) is 0.0104. The molecule has 7 N–H and O–H groups in total. The van der Waals surface area contributed by atoms with Crippen LogP contribution in [0.1, 0.15) is 155 Å². The number of phosphoric acid groups is 2. The Morgan fingerprint density at radius 2 is 1.14 bits per heavy atom. The van der Waals surface area contributed by atoms with Crippen LogP contribution in [0, 0.1) is 0 Å². The van der Waals surface area contributed by atoms with Gasteiger partial charge in [0.15, 0.2) is 6.10 Å². The molecule has 1 saturated carbocycles. The van der Waals surface area contributed by atoms with Crippen LogP contribution in [0.25, 0.3) is 0 Å². The highest BCUT2D eigenvalue weighted by Crippen LogP contribution is 2.49. The third-order valence-electron chi connectivity index (χ3n) is 10.8. The van der Waals surface area contributed by atoms with E-state index in [-0.39, 0.29) is 12.8 Å². The average molecular weight is 953 g/mol. The van der Waals surface area contributed by atoms with Crippen LogP contribution in [0.2, 0.25) is 0 Å². The molecule has 0 bridgehead atoms. The zero-order chi connectivity index (χ0) is 47.2. The summed E-state index contributed by atoms with van der Waals surface area (Å²) >= 11 is 0. The molecule has 1 heterocycles. The van der Waals surface area contributed by atoms with E-state index in [0.717, 1.165) is 96.3 Å².